The van der Waals surface area contributed by atoms with Gasteiger partial charge in [-0.15, -0.1) is 11.3 Å². The fraction of sp³-hybridized carbons (Fsp3) is 0.714. The molecule has 0 aromatic carbocycles. The zero-order valence-corrected chi connectivity index (χ0v) is 17.5. The molecule has 1 aromatic heterocycles. The Labute approximate surface area is 162 Å². The molecule has 1 atom stereocenters. The van der Waals surface area contributed by atoms with Gasteiger partial charge >= 0.3 is 0 Å². The van der Waals surface area contributed by atoms with Crippen LogP contribution in [0.5, 0.6) is 0 Å². The van der Waals surface area contributed by atoms with E-state index in [1.165, 1.54) is 11.3 Å². The quantitative estimate of drug-likeness (QED) is 0.716. The molecule has 5 heteroatoms. The highest BCUT2D eigenvalue weighted by atomic mass is 32.1. The maximum absolute atomic E-state index is 9.73. The van der Waals surface area contributed by atoms with Crippen molar-refractivity contribution in [1.82, 2.24) is 9.80 Å². The summed E-state index contributed by atoms with van der Waals surface area (Å²) < 4.78 is 0. The normalized spacial score (nSPS) is 19.6. The van der Waals surface area contributed by atoms with Gasteiger partial charge in [-0.05, 0) is 51.3 Å². The number of thiophene rings is 1. The molecule has 2 rings (SSSR count). The molecule has 0 radical (unpaired) electrons. The van der Waals surface area contributed by atoms with Crippen LogP contribution in [0.1, 0.15) is 50.3 Å². The van der Waals surface area contributed by atoms with Gasteiger partial charge in [0.05, 0.1) is 4.88 Å². The maximum atomic E-state index is 9.73. The van der Waals surface area contributed by atoms with Gasteiger partial charge in [0.2, 0.25) is 0 Å². The van der Waals surface area contributed by atoms with E-state index in [0.29, 0.717) is 6.04 Å². The number of hydrogen-bond acceptors (Lipinski definition) is 5. The molecule has 2 heterocycles. The standard InChI is InChI=1S/C21H34N2O2S/c1-17(2)8-11-23-13-12-22(15-18(23)9-14-24)16-20-6-5-19(26-20)7-10-21(3,4)25/h5-6,17-18,24-25H,8-9,11-16H2,1-4H3/t18-/m1/s1. The van der Waals surface area contributed by atoms with Gasteiger partial charge in [0.15, 0.2) is 0 Å². The topological polar surface area (TPSA) is 46.9 Å². The number of nitrogens with zero attached hydrogens (tertiary/aromatic N) is 2. The molecule has 0 spiro atoms. The Morgan fingerprint density at radius 3 is 2.73 bits per heavy atom. The van der Waals surface area contributed by atoms with Gasteiger partial charge < -0.3 is 10.2 Å². The largest absolute Gasteiger partial charge is 0.396 e. The summed E-state index contributed by atoms with van der Waals surface area (Å²) in [5.74, 6) is 6.66. The van der Waals surface area contributed by atoms with Gasteiger partial charge in [-0.3, -0.25) is 9.80 Å². The Morgan fingerprint density at radius 1 is 1.31 bits per heavy atom. The van der Waals surface area contributed by atoms with Crippen LogP contribution in [0.4, 0.5) is 0 Å². The molecule has 26 heavy (non-hydrogen) atoms. The monoisotopic (exact) mass is 378 g/mol. The molecule has 1 saturated heterocycles. The zero-order valence-electron chi connectivity index (χ0n) is 16.7. The lowest BCUT2D eigenvalue weighted by Gasteiger charge is -2.41. The van der Waals surface area contributed by atoms with Gasteiger partial charge in [-0.25, -0.2) is 0 Å². The third-order valence-corrected chi connectivity index (χ3v) is 5.66. The molecular formula is C21H34N2O2S. The van der Waals surface area contributed by atoms with E-state index in [1.54, 1.807) is 25.2 Å². The van der Waals surface area contributed by atoms with E-state index in [-0.39, 0.29) is 6.61 Å². The number of aliphatic hydroxyl groups excluding tert-OH is 1. The van der Waals surface area contributed by atoms with E-state index in [4.69, 9.17) is 0 Å². The highest BCUT2D eigenvalue weighted by Gasteiger charge is 2.26. The van der Waals surface area contributed by atoms with Crippen LogP contribution in [0.25, 0.3) is 0 Å². The highest BCUT2D eigenvalue weighted by Crippen LogP contribution is 2.21. The van der Waals surface area contributed by atoms with Crippen molar-refractivity contribution in [3.8, 4) is 11.8 Å². The second-order valence-electron chi connectivity index (χ2n) is 8.19. The van der Waals surface area contributed by atoms with Crippen LogP contribution in [0.15, 0.2) is 12.1 Å². The Kier molecular flexibility index (Phi) is 8.12. The molecule has 0 aliphatic carbocycles. The Bertz CT molecular complexity index is 610. The number of hydrogen-bond donors (Lipinski definition) is 2. The fourth-order valence-corrected chi connectivity index (χ4v) is 4.11. The highest BCUT2D eigenvalue weighted by molar-refractivity contribution is 7.12. The van der Waals surface area contributed by atoms with Crippen LogP contribution in [-0.2, 0) is 6.54 Å². The first-order valence-corrected chi connectivity index (χ1v) is 10.5. The van der Waals surface area contributed by atoms with Crippen molar-refractivity contribution < 1.29 is 10.2 Å². The summed E-state index contributed by atoms with van der Waals surface area (Å²) >= 11 is 1.71. The summed E-state index contributed by atoms with van der Waals surface area (Å²) in [5, 5.41) is 19.2. The van der Waals surface area contributed by atoms with Gasteiger partial charge in [0.1, 0.15) is 5.60 Å². The summed E-state index contributed by atoms with van der Waals surface area (Å²) in [6.07, 6.45) is 2.07. The smallest absolute Gasteiger partial charge is 0.120 e. The van der Waals surface area contributed by atoms with Gasteiger partial charge in [-0.2, -0.15) is 0 Å². The van der Waals surface area contributed by atoms with Crippen LogP contribution in [0.3, 0.4) is 0 Å². The van der Waals surface area contributed by atoms with Crippen LogP contribution in [0, 0.1) is 17.8 Å². The van der Waals surface area contributed by atoms with E-state index in [1.807, 2.05) is 6.07 Å². The Balaban J connectivity index is 1.92. The van der Waals surface area contributed by atoms with Gasteiger partial charge in [0.25, 0.3) is 0 Å². The number of aliphatic hydroxyl groups is 2. The van der Waals surface area contributed by atoms with Crippen LogP contribution < -0.4 is 0 Å². The van der Waals surface area contributed by atoms with Crippen molar-refractivity contribution in [3.63, 3.8) is 0 Å². The van der Waals surface area contributed by atoms with Crippen molar-refractivity contribution in [2.45, 2.75) is 58.7 Å². The minimum absolute atomic E-state index is 0.256. The molecule has 0 amide bonds. The summed E-state index contributed by atoms with van der Waals surface area (Å²) in [6, 6.07) is 4.63. The molecule has 1 fully saturated rings. The van der Waals surface area contributed by atoms with E-state index >= 15 is 0 Å². The minimum atomic E-state index is -0.950. The molecule has 146 valence electrons. The SMILES string of the molecule is CC(C)CCN1CCN(Cc2ccc(C#CC(C)(C)O)s2)C[C@H]1CCO. The van der Waals surface area contributed by atoms with Crippen molar-refractivity contribution in [1.29, 1.82) is 0 Å². The average molecular weight is 379 g/mol. The predicted octanol–water partition coefficient (Wildman–Crippen LogP) is 2.79. The van der Waals surface area contributed by atoms with Crippen LogP contribution in [-0.4, -0.2) is 64.4 Å². The van der Waals surface area contributed by atoms with Crippen molar-refractivity contribution >= 4 is 11.3 Å². The first-order chi connectivity index (χ1) is 12.3. The molecule has 0 saturated carbocycles. The van der Waals surface area contributed by atoms with E-state index in [2.05, 4.69) is 41.6 Å². The Hall–Kier alpha value is -0.900. The maximum Gasteiger partial charge on any atom is 0.120 e. The number of rotatable bonds is 7. The summed E-state index contributed by atoms with van der Waals surface area (Å²) in [5.41, 5.74) is -0.950. The first-order valence-electron chi connectivity index (χ1n) is 9.68. The van der Waals surface area contributed by atoms with Crippen molar-refractivity contribution in [2.24, 2.45) is 5.92 Å². The zero-order chi connectivity index (χ0) is 19.2. The van der Waals surface area contributed by atoms with Gasteiger partial charge in [0, 0.05) is 43.7 Å². The van der Waals surface area contributed by atoms with E-state index < -0.39 is 5.60 Å². The minimum Gasteiger partial charge on any atom is -0.396 e. The Morgan fingerprint density at radius 2 is 2.08 bits per heavy atom. The second-order valence-corrected chi connectivity index (χ2v) is 9.36. The summed E-state index contributed by atoms with van der Waals surface area (Å²) in [6.45, 7) is 13.4. The third-order valence-electron chi connectivity index (χ3n) is 4.68. The van der Waals surface area contributed by atoms with E-state index in [0.717, 1.165) is 49.9 Å². The predicted molar refractivity (Wildman–Crippen MR) is 109 cm³/mol. The van der Waals surface area contributed by atoms with Crippen molar-refractivity contribution in [3.05, 3.63) is 21.9 Å². The van der Waals surface area contributed by atoms with E-state index in [9.17, 15) is 10.2 Å². The summed E-state index contributed by atoms with van der Waals surface area (Å²) in [7, 11) is 0. The lowest BCUT2D eigenvalue weighted by atomic mass is 10.1. The average Bonchev–Trinajstić information content (AvgIpc) is 2.99. The summed E-state index contributed by atoms with van der Waals surface area (Å²) in [4.78, 5) is 7.36. The number of piperazine rings is 1. The molecular weight excluding hydrogens is 344 g/mol. The van der Waals surface area contributed by atoms with Crippen LogP contribution in [0.2, 0.25) is 0 Å². The molecule has 1 aromatic rings. The molecule has 0 unspecified atom stereocenters. The molecule has 2 N–H and O–H groups in total. The van der Waals surface area contributed by atoms with Crippen molar-refractivity contribution in [2.75, 3.05) is 32.8 Å². The van der Waals surface area contributed by atoms with Crippen LogP contribution >= 0.6 is 11.3 Å². The second kappa shape index (κ2) is 9.87. The first kappa shape index (κ1) is 21.4. The molecule has 4 nitrogen and oxygen atoms in total. The molecule has 0 bridgehead atoms. The van der Waals surface area contributed by atoms with Gasteiger partial charge in [-0.1, -0.05) is 25.7 Å². The third kappa shape index (κ3) is 7.38. The lowest BCUT2D eigenvalue weighted by Crippen LogP contribution is -2.53. The lowest BCUT2D eigenvalue weighted by molar-refractivity contribution is 0.0529. The molecule has 1 aliphatic rings. The molecule has 1 aliphatic heterocycles. The fourth-order valence-electron chi connectivity index (χ4n) is 3.21.